The molecule has 0 heterocycles. The van der Waals surface area contributed by atoms with Gasteiger partial charge in [-0.25, -0.2) is 0 Å². The second-order valence-electron chi connectivity index (χ2n) is 3.78. The summed E-state index contributed by atoms with van der Waals surface area (Å²) >= 11 is 0. The van der Waals surface area contributed by atoms with Gasteiger partial charge in [-0.15, -0.1) is 0 Å². The Hall–Kier alpha value is -0.0400. The predicted octanol–water partition coefficient (Wildman–Crippen LogP) is 3.06. The fourth-order valence-corrected chi connectivity index (χ4v) is 1.95. The van der Waals surface area contributed by atoms with Crippen LogP contribution in [0.15, 0.2) is 0 Å². The van der Waals surface area contributed by atoms with Crippen molar-refractivity contribution in [2.75, 3.05) is 6.54 Å². The third kappa shape index (κ3) is 3.57. The largest absolute Gasteiger partial charge is 0.314 e. The molecule has 0 saturated heterocycles. The molecule has 0 saturated carbocycles. The highest BCUT2D eigenvalue weighted by molar-refractivity contribution is 4.73. The Labute approximate surface area is 77.9 Å². The van der Waals surface area contributed by atoms with E-state index in [1.165, 1.54) is 12.8 Å². The lowest BCUT2D eigenvalue weighted by atomic mass is 9.84. The Morgan fingerprint density at radius 1 is 1.00 bits per heavy atom. The Morgan fingerprint density at radius 2 is 1.50 bits per heavy atom. The van der Waals surface area contributed by atoms with Crippen molar-refractivity contribution in [2.45, 2.75) is 53.5 Å². The summed E-state index contributed by atoms with van der Waals surface area (Å²) in [7, 11) is 0. The van der Waals surface area contributed by atoms with Crippen molar-refractivity contribution in [1.82, 2.24) is 5.32 Å². The van der Waals surface area contributed by atoms with E-state index in [1.54, 1.807) is 0 Å². The first-order chi connectivity index (χ1) is 5.67. The van der Waals surface area contributed by atoms with E-state index in [2.05, 4.69) is 39.9 Å². The third-order valence-electron chi connectivity index (χ3n) is 3.11. The van der Waals surface area contributed by atoms with Crippen LogP contribution in [0.25, 0.3) is 0 Å². The van der Waals surface area contributed by atoms with Gasteiger partial charge in [0.25, 0.3) is 0 Å². The highest BCUT2D eigenvalue weighted by atomic mass is 14.9. The van der Waals surface area contributed by atoms with Gasteiger partial charge in [0.1, 0.15) is 0 Å². The highest BCUT2D eigenvalue weighted by Crippen LogP contribution is 2.21. The molecule has 0 rings (SSSR count). The summed E-state index contributed by atoms with van der Waals surface area (Å²) in [6, 6.07) is 0.667. The number of hydrogen-bond donors (Lipinski definition) is 1. The van der Waals surface area contributed by atoms with Crippen molar-refractivity contribution in [3.63, 3.8) is 0 Å². The molecule has 0 fully saturated rings. The summed E-state index contributed by atoms with van der Waals surface area (Å²) in [6.45, 7) is 12.5. The summed E-state index contributed by atoms with van der Waals surface area (Å²) in [4.78, 5) is 0. The first-order valence-electron chi connectivity index (χ1n) is 5.40. The van der Waals surface area contributed by atoms with Crippen molar-refractivity contribution in [3.05, 3.63) is 0 Å². The Balaban J connectivity index is 3.87. The van der Waals surface area contributed by atoms with Gasteiger partial charge in [0, 0.05) is 6.04 Å². The fraction of sp³-hybridized carbons (Fsp3) is 1.00. The zero-order valence-electron chi connectivity index (χ0n) is 9.35. The second kappa shape index (κ2) is 6.47. The van der Waals surface area contributed by atoms with Gasteiger partial charge in [-0.2, -0.15) is 0 Å². The second-order valence-corrected chi connectivity index (χ2v) is 3.78. The van der Waals surface area contributed by atoms with Gasteiger partial charge in [0.15, 0.2) is 0 Å². The van der Waals surface area contributed by atoms with Gasteiger partial charge in [0.05, 0.1) is 0 Å². The minimum Gasteiger partial charge on any atom is -0.314 e. The quantitative estimate of drug-likeness (QED) is 0.647. The van der Waals surface area contributed by atoms with Gasteiger partial charge in [-0.05, 0) is 25.3 Å². The van der Waals surface area contributed by atoms with E-state index < -0.39 is 0 Å². The molecule has 74 valence electrons. The Kier molecular flexibility index (Phi) is 6.45. The minimum atomic E-state index is 0.667. The van der Waals surface area contributed by atoms with Crippen LogP contribution in [0.2, 0.25) is 0 Å². The maximum absolute atomic E-state index is 3.49. The molecular formula is C11H25N. The summed E-state index contributed by atoms with van der Waals surface area (Å²) in [6.07, 6.45) is 2.63. The average molecular weight is 171 g/mol. The lowest BCUT2D eigenvalue weighted by molar-refractivity contribution is 0.269. The van der Waals surface area contributed by atoms with Gasteiger partial charge in [-0.1, -0.05) is 40.5 Å². The van der Waals surface area contributed by atoms with Crippen LogP contribution in [0.5, 0.6) is 0 Å². The number of nitrogens with one attached hydrogen (secondary N) is 1. The molecule has 2 unspecified atom stereocenters. The summed E-state index contributed by atoms with van der Waals surface area (Å²) in [5.41, 5.74) is 0. The van der Waals surface area contributed by atoms with Crippen LogP contribution >= 0.6 is 0 Å². The van der Waals surface area contributed by atoms with Crippen LogP contribution in [0.4, 0.5) is 0 Å². The molecular weight excluding hydrogens is 146 g/mol. The molecule has 0 spiro atoms. The SMILES string of the molecule is CCNC(C)C(C)C(CC)CC. The van der Waals surface area contributed by atoms with E-state index >= 15 is 0 Å². The molecule has 2 atom stereocenters. The summed E-state index contributed by atoms with van der Waals surface area (Å²) in [5, 5.41) is 3.49. The van der Waals surface area contributed by atoms with Crippen LogP contribution in [-0.2, 0) is 0 Å². The monoisotopic (exact) mass is 171 g/mol. The third-order valence-corrected chi connectivity index (χ3v) is 3.11. The predicted molar refractivity (Wildman–Crippen MR) is 56.4 cm³/mol. The molecule has 0 amide bonds. The maximum Gasteiger partial charge on any atom is 0.00668 e. The maximum atomic E-state index is 3.49. The average Bonchev–Trinajstić information content (AvgIpc) is 2.07. The number of rotatable bonds is 6. The first-order valence-corrected chi connectivity index (χ1v) is 5.40. The van der Waals surface area contributed by atoms with Crippen molar-refractivity contribution < 1.29 is 0 Å². The molecule has 0 aliphatic heterocycles. The molecule has 0 radical (unpaired) electrons. The molecule has 0 aliphatic carbocycles. The van der Waals surface area contributed by atoms with Crippen LogP contribution in [0.3, 0.4) is 0 Å². The molecule has 0 aromatic heterocycles. The van der Waals surface area contributed by atoms with Gasteiger partial charge >= 0.3 is 0 Å². The molecule has 12 heavy (non-hydrogen) atoms. The van der Waals surface area contributed by atoms with Crippen LogP contribution < -0.4 is 5.32 Å². The molecule has 0 aliphatic rings. The Bertz CT molecular complexity index is 97.2. The van der Waals surface area contributed by atoms with E-state index in [0.717, 1.165) is 18.4 Å². The highest BCUT2D eigenvalue weighted by Gasteiger charge is 2.18. The van der Waals surface area contributed by atoms with E-state index in [4.69, 9.17) is 0 Å². The lowest BCUT2D eigenvalue weighted by Gasteiger charge is -2.27. The molecule has 0 aromatic carbocycles. The molecule has 0 aromatic rings. The fourth-order valence-electron chi connectivity index (χ4n) is 1.95. The van der Waals surface area contributed by atoms with Gasteiger partial charge in [0.2, 0.25) is 0 Å². The van der Waals surface area contributed by atoms with Crippen molar-refractivity contribution in [1.29, 1.82) is 0 Å². The zero-order valence-corrected chi connectivity index (χ0v) is 9.35. The number of hydrogen-bond acceptors (Lipinski definition) is 1. The summed E-state index contributed by atoms with van der Waals surface area (Å²) < 4.78 is 0. The molecule has 1 nitrogen and oxygen atoms in total. The van der Waals surface area contributed by atoms with Crippen LogP contribution in [-0.4, -0.2) is 12.6 Å². The van der Waals surface area contributed by atoms with E-state index in [1.807, 2.05) is 0 Å². The van der Waals surface area contributed by atoms with Crippen molar-refractivity contribution in [2.24, 2.45) is 11.8 Å². The topological polar surface area (TPSA) is 12.0 Å². The van der Waals surface area contributed by atoms with Crippen LogP contribution in [0.1, 0.15) is 47.5 Å². The van der Waals surface area contributed by atoms with E-state index in [0.29, 0.717) is 6.04 Å². The van der Waals surface area contributed by atoms with Gasteiger partial charge in [-0.3, -0.25) is 0 Å². The molecule has 1 N–H and O–H groups in total. The smallest absolute Gasteiger partial charge is 0.00668 e. The lowest BCUT2D eigenvalue weighted by Crippen LogP contribution is -2.35. The van der Waals surface area contributed by atoms with Crippen molar-refractivity contribution in [3.8, 4) is 0 Å². The van der Waals surface area contributed by atoms with Gasteiger partial charge < -0.3 is 5.32 Å². The molecule has 1 heteroatoms. The molecule has 0 bridgehead atoms. The van der Waals surface area contributed by atoms with Crippen LogP contribution in [0, 0.1) is 11.8 Å². The standard InChI is InChI=1S/C11H25N/c1-6-11(7-2)9(4)10(5)12-8-3/h9-12H,6-8H2,1-5H3. The Morgan fingerprint density at radius 3 is 1.83 bits per heavy atom. The zero-order chi connectivity index (χ0) is 9.56. The van der Waals surface area contributed by atoms with E-state index in [9.17, 15) is 0 Å². The van der Waals surface area contributed by atoms with E-state index in [-0.39, 0.29) is 0 Å². The van der Waals surface area contributed by atoms with Crippen molar-refractivity contribution >= 4 is 0 Å². The minimum absolute atomic E-state index is 0.667. The summed E-state index contributed by atoms with van der Waals surface area (Å²) in [5.74, 6) is 1.69. The first kappa shape index (κ1) is 12.0. The normalized spacial score (nSPS) is 16.5.